The van der Waals surface area contributed by atoms with Crippen molar-refractivity contribution in [3.05, 3.63) is 65.7 Å². The van der Waals surface area contributed by atoms with Crippen LogP contribution in [-0.2, 0) is 4.79 Å². The van der Waals surface area contributed by atoms with E-state index in [0.29, 0.717) is 11.3 Å². The van der Waals surface area contributed by atoms with E-state index in [-0.39, 0.29) is 5.78 Å². The number of ether oxygens (including phenoxy) is 1. The van der Waals surface area contributed by atoms with E-state index in [1.165, 1.54) is 12.1 Å². The van der Waals surface area contributed by atoms with Gasteiger partial charge in [-0.15, -0.1) is 0 Å². The molecule has 0 amide bonds. The highest BCUT2D eigenvalue weighted by molar-refractivity contribution is 6.07. The first-order chi connectivity index (χ1) is 11.5. The Morgan fingerprint density at radius 1 is 1.12 bits per heavy atom. The number of hydrogen-bond donors (Lipinski definition) is 1. The third-order valence-electron chi connectivity index (χ3n) is 3.32. The molecule has 2 aromatic rings. The highest BCUT2D eigenvalue weighted by atomic mass is 16.5. The molecule has 0 aliphatic carbocycles. The molecule has 0 aliphatic heterocycles. The molecule has 0 atom stereocenters. The lowest BCUT2D eigenvalue weighted by Gasteiger charge is -2.11. The maximum atomic E-state index is 12.2. The summed E-state index contributed by atoms with van der Waals surface area (Å²) in [5.41, 5.74) is 2.45. The van der Waals surface area contributed by atoms with E-state index in [0.717, 1.165) is 11.3 Å². The average molecular weight is 325 g/mol. The number of rotatable bonds is 7. The van der Waals surface area contributed by atoms with Gasteiger partial charge in [0.25, 0.3) is 0 Å². The fraction of sp³-hybridized carbons (Fsp3) is 0.158. The van der Waals surface area contributed by atoms with Crippen LogP contribution < -0.4 is 9.64 Å². The van der Waals surface area contributed by atoms with Crippen LogP contribution in [0.25, 0.3) is 6.08 Å². The van der Waals surface area contributed by atoms with E-state index in [1.807, 2.05) is 43.3 Å². The highest BCUT2D eigenvalue weighted by Gasteiger charge is 2.05. The molecule has 2 aromatic carbocycles. The van der Waals surface area contributed by atoms with E-state index in [9.17, 15) is 9.59 Å². The number of carboxylic acid groups (broad SMARTS) is 1. The van der Waals surface area contributed by atoms with Gasteiger partial charge in [0.1, 0.15) is 5.75 Å². The fourth-order valence-corrected chi connectivity index (χ4v) is 2.04. The van der Waals surface area contributed by atoms with Crippen LogP contribution in [0.1, 0.15) is 15.9 Å². The van der Waals surface area contributed by atoms with Crippen LogP contribution in [0.4, 0.5) is 5.69 Å². The van der Waals surface area contributed by atoms with Crippen molar-refractivity contribution in [2.24, 2.45) is 0 Å². The standard InChI is InChI=1S/C19H19NO4/c1-20(2)16-9-6-14(7-10-16)8-11-18(21)15-4-3-5-17(12-15)24-13-19(22)23/h3-12H,13H2,1-2H3,(H,22,23)/b11-8+. The summed E-state index contributed by atoms with van der Waals surface area (Å²) in [4.78, 5) is 24.7. The summed E-state index contributed by atoms with van der Waals surface area (Å²) in [7, 11) is 3.93. The highest BCUT2D eigenvalue weighted by Crippen LogP contribution is 2.16. The lowest BCUT2D eigenvalue weighted by molar-refractivity contribution is -0.139. The molecule has 5 nitrogen and oxygen atoms in total. The van der Waals surface area contributed by atoms with Crippen LogP contribution in [-0.4, -0.2) is 37.6 Å². The van der Waals surface area contributed by atoms with Crippen LogP contribution in [0.2, 0.25) is 0 Å². The topological polar surface area (TPSA) is 66.8 Å². The molecule has 5 heteroatoms. The Balaban J connectivity index is 2.05. The molecule has 0 saturated carbocycles. The first-order valence-electron chi connectivity index (χ1n) is 7.40. The molecule has 0 unspecified atom stereocenters. The Bertz CT molecular complexity index is 748. The summed E-state index contributed by atoms with van der Waals surface area (Å²) in [6.07, 6.45) is 3.23. The van der Waals surface area contributed by atoms with Crippen molar-refractivity contribution in [3.8, 4) is 5.75 Å². The Morgan fingerprint density at radius 3 is 2.46 bits per heavy atom. The van der Waals surface area contributed by atoms with Gasteiger partial charge < -0.3 is 14.7 Å². The Labute approximate surface area is 140 Å². The van der Waals surface area contributed by atoms with Crippen LogP contribution in [0, 0.1) is 0 Å². The van der Waals surface area contributed by atoms with Crippen molar-refractivity contribution in [2.75, 3.05) is 25.6 Å². The van der Waals surface area contributed by atoms with E-state index in [1.54, 1.807) is 24.3 Å². The minimum atomic E-state index is -1.06. The van der Waals surface area contributed by atoms with Gasteiger partial charge in [0, 0.05) is 25.3 Å². The molecule has 0 fully saturated rings. The minimum absolute atomic E-state index is 0.174. The van der Waals surface area contributed by atoms with Crippen molar-refractivity contribution in [2.45, 2.75) is 0 Å². The molecule has 124 valence electrons. The van der Waals surface area contributed by atoms with Crippen LogP contribution in [0.15, 0.2) is 54.6 Å². The number of allylic oxidation sites excluding steroid dienone is 1. The zero-order valence-corrected chi connectivity index (χ0v) is 13.6. The molecule has 2 rings (SSSR count). The number of ketones is 1. The van der Waals surface area contributed by atoms with Gasteiger partial charge >= 0.3 is 5.97 Å². The van der Waals surface area contributed by atoms with Crippen molar-refractivity contribution in [3.63, 3.8) is 0 Å². The third-order valence-corrected chi connectivity index (χ3v) is 3.32. The van der Waals surface area contributed by atoms with E-state index in [4.69, 9.17) is 9.84 Å². The second-order valence-corrected chi connectivity index (χ2v) is 5.39. The van der Waals surface area contributed by atoms with E-state index in [2.05, 4.69) is 0 Å². The maximum absolute atomic E-state index is 12.2. The molecular formula is C19H19NO4. The van der Waals surface area contributed by atoms with Gasteiger partial charge in [-0.25, -0.2) is 4.79 Å². The first-order valence-corrected chi connectivity index (χ1v) is 7.40. The SMILES string of the molecule is CN(C)c1ccc(/C=C/C(=O)c2cccc(OCC(=O)O)c2)cc1. The van der Waals surface area contributed by atoms with Crippen molar-refractivity contribution < 1.29 is 19.4 Å². The lowest BCUT2D eigenvalue weighted by atomic mass is 10.1. The van der Waals surface area contributed by atoms with Gasteiger partial charge in [-0.3, -0.25) is 4.79 Å². The minimum Gasteiger partial charge on any atom is -0.482 e. The zero-order chi connectivity index (χ0) is 17.5. The predicted molar refractivity (Wildman–Crippen MR) is 93.7 cm³/mol. The average Bonchev–Trinajstić information content (AvgIpc) is 2.58. The smallest absolute Gasteiger partial charge is 0.341 e. The largest absolute Gasteiger partial charge is 0.482 e. The molecule has 0 aromatic heterocycles. The molecule has 0 radical (unpaired) electrons. The molecule has 0 aliphatic rings. The molecule has 24 heavy (non-hydrogen) atoms. The summed E-state index contributed by atoms with van der Waals surface area (Å²) >= 11 is 0. The van der Waals surface area contributed by atoms with Gasteiger partial charge in [-0.05, 0) is 35.9 Å². The molecule has 0 saturated heterocycles. The lowest BCUT2D eigenvalue weighted by Crippen LogP contribution is -2.09. The fourth-order valence-electron chi connectivity index (χ4n) is 2.04. The quantitative estimate of drug-likeness (QED) is 0.626. The van der Waals surface area contributed by atoms with E-state index >= 15 is 0 Å². The van der Waals surface area contributed by atoms with E-state index < -0.39 is 12.6 Å². The molecule has 0 bridgehead atoms. The predicted octanol–water partition coefficient (Wildman–Crippen LogP) is 3.11. The van der Waals surface area contributed by atoms with Crippen LogP contribution >= 0.6 is 0 Å². The summed E-state index contributed by atoms with van der Waals surface area (Å²) < 4.78 is 5.08. The second-order valence-electron chi connectivity index (χ2n) is 5.39. The number of nitrogens with zero attached hydrogens (tertiary/aromatic N) is 1. The number of carbonyl (C=O) groups is 2. The second kappa shape index (κ2) is 7.97. The first kappa shape index (κ1) is 17.3. The summed E-state index contributed by atoms with van der Waals surface area (Å²) in [5.74, 6) is -0.882. The number of aliphatic carboxylic acids is 1. The molecule has 0 heterocycles. The number of carbonyl (C=O) groups excluding carboxylic acids is 1. The summed E-state index contributed by atoms with van der Waals surface area (Å²) in [6.45, 7) is -0.439. The van der Waals surface area contributed by atoms with Crippen molar-refractivity contribution >= 4 is 23.5 Å². The van der Waals surface area contributed by atoms with Gasteiger partial charge in [-0.2, -0.15) is 0 Å². The third kappa shape index (κ3) is 4.98. The van der Waals surface area contributed by atoms with Gasteiger partial charge in [-0.1, -0.05) is 30.3 Å². The number of carboxylic acids is 1. The molecule has 1 N–H and O–H groups in total. The normalized spacial score (nSPS) is 10.6. The van der Waals surface area contributed by atoms with Crippen molar-refractivity contribution in [1.29, 1.82) is 0 Å². The van der Waals surface area contributed by atoms with Crippen molar-refractivity contribution in [1.82, 2.24) is 0 Å². The van der Waals surface area contributed by atoms with Crippen LogP contribution in [0.3, 0.4) is 0 Å². The zero-order valence-electron chi connectivity index (χ0n) is 13.6. The maximum Gasteiger partial charge on any atom is 0.341 e. The Hall–Kier alpha value is -3.08. The number of hydrogen-bond acceptors (Lipinski definition) is 4. The monoisotopic (exact) mass is 325 g/mol. The van der Waals surface area contributed by atoms with Gasteiger partial charge in [0.05, 0.1) is 0 Å². The molecule has 0 spiro atoms. The van der Waals surface area contributed by atoms with Crippen LogP contribution in [0.5, 0.6) is 5.75 Å². The summed E-state index contributed by atoms with van der Waals surface area (Å²) in [5, 5.41) is 8.61. The number of anilines is 1. The Kier molecular flexibility index (Phi) is 5.73. The van der Waals surface area contributed by atoms with Gasteiger partial charge in [0.15, 0.2) is 12.4 Å². The number of benzene rings is 2. The Morgan fingerprint density at radius 2 is 1.83 bits per heavy atom. The summed E-state index contributed by atoms with van der Waals surface area (Å²) in [6, 6.07) is 14.3. The van der Waals surface area contributed by atoms with Gasteiger partial charge in [0.2, 0.25) is 0 Å². The molecular weight excluding hydrogens is 306 g/mol.